The largest absolute Gasteiger partial charge is 0.465 e. The Bertz CT molecular complexity index is 312. The van der Waals surface area contributed by atoms with Gasteiger partial charge in [-0.2, -0.15) is 0 Å². The summed E-state index contributed by atoms with van der Waals surface area (Å²) in [6, 6.07) is 0. The molecule has 0 heterocycles. The fourth-order valence-corrected chi connectivity index (χ4v) is 1.11. The summed E-state index contributed by atoms with van der Waals surface area (Å²) in [5.74, 6) is -2.68. The van der Waals surface area contributed by atoms with E-state index in [0.717, 1.165) is 6.08 Å². The van der Waals surface area contributed by atoms with Crippen molar-refractivity contribution in [2.45, 2.75) is 13.8 Å². The van der Waals surface area contributed by atoms with E-state index >= 15 is 0 Å². The van der Waals surface area contributed by atoms with Crippen molar-refractivity contribution in [1.29, 1.82) is 0 Å². The minimum Gasteiger partial charge on any atom is -0.465 e. The van der Waals surface area contributed by atoms with Crippen LogP contribution in [0, 0.1) is 5.92 Å². The van der Waals surface area contributed by atoms with Crippen LogP contribution in [0.1, 0.15) is 13.8 Å². The molecule has 0 N–H and O–H groups in total. The van der Waals surface area contributed by atoms with Gasteiger partial charge in [-0.1, -0.05) is 12.7 Å². The second-order valence-corrected chi connectivity index (χ2v) is 3.01. The number of hydrogen-bond acceptors (Lipinski definition) is 5. The van der Waals surface area contributed by atoms with Gasteiger partial charge in [-0.05, 0) is 25.5 Å². The molecule has 0 amide bonds. The predicted molar refractivity (Wildman–Crippen MR) is 61.1 cm³/mol. The first kappa shape index (κ1) is 15.1. The molecule has 17 heavy (non-hydrogen) atoms. The molecule has 0 unspecified atom stereocenters. The maximum Gasteiger partial charge on any atom is 0.324 e. The summed E-state index contributed by atoms with van der Waals surface area (Å²) in [6.45, 7) is 7.11. The van der Waals surface area contributed by atoms with Crippen LogP contribution < -0.4 is 0 Å². The molecule has 5 nitrogen and oxygen atoms in total. The van der Waals surface area contributed by atoms with Crippen LogP contribution in [0.3, 0.4) is 0 Å². The summed E-state index contributed by atoms with van der Waals surface area (Å²) in [5, 5.41) is 0. The average Bonchev–Trinajstić information content (AvgIpc) is 2.27. The number of hydrogen-bond donors (Lipinski definition) is 0. The van der Waals surface area contributed by atoms with Crippen LogP contribution in [-0.2, 0) is 23.9 Å². The van der Waals surface area contributed by atoms with Crippen LogP contribution in [0.15, 0.2) is 24.3 Å². The summed E-state index contributed by atoms with van der Waals surface area (Å²) < 4.78 is 9.50. The maximum absolute atomic E-state index is 11.6. The van der Waals surface area contributed by atoms with E-state index in [-0.39, 0.29) is 18.8 Å². The lowest BCUT2D eigenvalue weighted by Gasteiger charge is -2.14. The molecule has 0 aliphatic heterocycles. The van der Waals surface area contributed by atoms with Crippen molar-refractivity contribution in [3.8, 4) is 0 Å². The number of allylic oxidation sites excluding steroid dienone is 2. The first-order valence-corrected chi connectivity index (χ1v) is 5.22. The third kappa shape index (κ3) is 5.10. The van der Waals surface area contributed by atoms with E-state index in [9.17, 15) is 14.4 Å². The summed E-state index contributed by atoms with van der Waals surface area (Å²) in [5.41, 5.74) is 0.161. The molecule has 5 heteroatoms. The molecule has 0 saturated heterocycles. The molecular weight excluding hydrogens is 224 g/mol. The molecule has 0 spiro atoms. The Hall–Kier alpha value is -1.91. The van der Waals surface area contributed by atoms with Gasteiger partial charge in [0.15, 0.2) is 5.92 Å². The summed E-state index contributed by atoms with van der Waals surface area (Å²) >= 11 is 0. The third-order valence-electron chi connectivity index (χ3n) is 1.80. The van der Waals surface area contributed by atoms with E-state index in [1.54, 1.807) is 13.8 Å². The summed E-state index contributed by atoms with van der Waals surface area (Å²) in [4.78, 5) is 33.3. The Morgan fingerprint density at radius 2 is 1.65 bits per heavy atom. The van der Waals surface area contributed by atoms with Gasteiger partial charge in [-0.3, -0.25) is 14.4 Å². The lowest BCUT2D eigenvalue weighted by atomic mass is 10.0. The van der Waals surface area contributed by atoms with Gasteiger partial charge in [-0.15, -0.1) is 0 Å². The highest BCUT2D eigenvalue weighted by Crippen LogP contribution is 2.15. The predicted octanol–water partition coefficient (Wildman–Crippen LogP) is 1.04. The van der Waals surface area contributed by atoms with Crippen LogP contribution >= 0.6 is 0 Å². The van der Waals surface area contributed by atoms with Gasteiger partial charge in [0.05, 0.1) is 13.2 Å². The topological polar surface area (TPSA) is 69.7 Å². The zero-order valence-electron chi connectivity index (χ0n) is 9.97. The van der Waals surface area contributed by atoms with Gasteiger partial charge in [0.2, 0.25) is 0 Å². The molecule has 0 bridgehead atoms. The average molecular weight is 240 g/mol. The fourth-order valence-electron chi connectivity index (χ4n) is 1.11. The summed E-state index contributed by atoms with van der Waals surface area (Å²) in [7, 11) is 0. The van der Waals surface area contributed by atoms with Gasteiger partial charge < -0.3 is 9.47 Å². The Morgan fingerprint density at radius 1 is 1.18 bits per heavy atom. The molecule has 0 aromatic heterocycles. The Kier molecular flexibility index (Phi) is 7.34. The van der Waals surface area contributed by atoms with Crippen molar-refractivity contribution in [2.24, 2.45) is 5.92 Å². The number of aldehydes is 1. The van der Waals surface area contributed by atoms with Gasteiger partial charge in [-0.25, -0.2) is 0 Å². The van der Waals surface area contributed by atoms with E-state index in [0.29, 0.717) is 6.29 Å². The SMILES string of the molecule is C=C(/C=C/C=O)C(C(=O)OCC)C(=O)OCC. The van der Waals surface area contributed by atoms with E-state index in [2.05, 4.69) is 6.58 Å². The molecule has 94 valence electrons. The van der Waals surface area contributed by atoms with Crippen molar-refractivity contribution in [3.63, 3.8) is 0 Å². The standard InChI is InChI=1S/C12H16O5/c1-4-16-11(14)10(12(15)17-5-2)9(3)7-6-8-13/h6-8,10H,3-5H2,1-2H3/b7-6+. The highest BCUT2D eigenvalue weighted by molar-refractivity contribution is 5.98. The molecule has 0 aliphatic carbocycles. The number of carbonyl (C=O) groups excluding carboxylic acids is 3. The molecule has 0 radical (unpaired) electrons. The van der Waals surface area contributed by atoms with Gasteiger partial charge in [0.1, 0.15) is 6.29 Å². The molecule has 0 aliphatic rings. The van der Waals surface area contributed by atoms with E-state index < -0.39 is 17.9 Å². The molecule has 0 aromatic rings. The van der Waals surface area contributed by atoms with Gasteiger partial charge >= 0.3 is 11.9 Å². The fraction of sp³-hybridized carbons (Fsp3) is 0.417. The number of ether oxygens (including phenoxy) is 2. The van der Waals surface area contributed by atoms with Crippen molar-refractivity contribution in [2.75, 3.05) is 13.2 Å². The second kappa shape index (κ2) is 8.27. The molecule has 0 saturated carbocycles. The van der Waals surface area contributed by atoms with E-state index in [1.807, 2.05) is 0 Å². The second-order valence-electron chi connectivity index (χ2n) is 3.01. The summed E-state index contributed by atoms with van der Waals surface area (Å²) in [6.07, 6.45) is 2.96. The third-order valence-corrected chi connectivity index (χ3v) is 1.80. The van der Waals surface area contributed by atoms with Crippen LogP contribution in [0.2, 0.25) is 0 Å². The molecular formula is C12H16O5. The lowest BCUT2D eigenvalue weighted by Crippen LogP contribution is -2.29. The van der Waals surface area contributed by atoms with Gasteiger partial charge in [0, 0.05) is 0 Å². The Labute approximate surface area is 100 Å². The zero-order chi connectivity index (χ0) is 13.3. The Balaban J connectivity index is 4.89. The van der Waals surface area contributed by atoms with E-state index in [1.165, 1.54) is 6.08 Å². The van der Waals surface area contributed by atoms with Crippen LogP contribution in [0.5, 0.6) is 0 Å². The number of esters is 2. The van der Waals surface area contributed by atoms with Crippen LogP contribution in [-0.4, -0.2) is 31.4 Å². The van der Waals surface area contributed by atoms with Crippen molar-refractivity contribution in [3.05, 3.63) is 24.3 Å². The Morgan fingerprint density at radius 3 is 2.00 bits per heavy atom. The van der Waals surface area contributed by atoms with Crippen molar-refractivity contribution in [1.82, 2.24) is 0 Å². The highest BCUT2D eigenvalue weighted by atomic mass is 16.6. The number of rotatable bonds is 7. The van der Waals surface area contributed by atoms with Crippen molar-refractivity contribution < 1.29 is 23.9 Å². The minimum absolute atomic E-state index is 0.152. The molecule has 0 aromatic carbocycles. The highest BCUT2D eigenvalue weighted by Gasteiger charge is 2.31. The zero-order valence-corrected chi connectivity index (χ0v) is 9.97. The monoisotopic (exact) mass is 240 g/mol. The normalized spacial score (nSPS) is 10.3. The molecule has 0 fully saturated rings. The number of carbonyl (C=O) groups is 3. The quantitative estimate of drug-likeness (QED) is 0.219. The van der Waals surface area contributed by atoms with E-state index in [4.69, 9.17) is 9.47 Å². The molecule has 0 rings (SSSR count). The first-order chi connectivity index (χ1) is 8.08. The smallest absolute Gasteiger partial charge is 0.324 e. The maximum atomic E-state index is 11.6. The van der Waals surface area contributed by atoms with Gasteiger partial charge in [0.25, 0.3) is 0 Å². The van der Waals surface area contributed by atoms with Crippen LogP contribution in [0.25, 0.3) is 0 Å². The van der Waals surface area contributed by atoms with Crippen LogP contribution in [0.4, 0.5) is 0 Å². The lowest BCUT2D eigenvalue weighted by molar-refractivity contribution is -0.159. The first-order valence-electron chi connectivity index (χ1n) is 5.22. The van der Waals surface area contributed by atoms with Crippen molar-refractivity contribution >= 4 is 18.2 Å². The molecule has 0 atom stereocenters. The minimum atomic E-state index is -1.22.